The summed E-state index contributed by atoms with van der Waals surface area (Å²) in [4.78, 5) is 15.6. The van der Waals surface area contributed by atoms with E-state index in [0.717, 1.165) is 17.4 Å². The van der Waals surface area contributed by atoms with Gasteiger partial charge in [0.25, 0.3) is 5.91 Å². The summed E-state index contributed by atoms with van der Waals surface area (Å²) in [5.41, 5.74) is 1.79. The van der Waals surface area contributed by atoms with E-state index in [0.29, 0.717) is 18.2 Å². The van der Waals surface area contributed by atoms with Crippen LogP contribution in [0.4, 0.5) is 0 Å². The van der Waals surface area contributed by atoms with Gasteiger partial charge in [0.05, 0.1) is 0 Å². The van der Waals surface area contributed by atoms with E-state index in [1.807, 2.05) is 24.3 Å². The van der Waals surface area contributed by atoms with Crippen LogP contribution in [0.2, 0.25) is 0 Å². The van der Waals surface area contributed by atoms with Crippen molar-refractivity contribution in [3.63, 3.8) is 0 Å². The van der Waals surface area contributed by atoms with Gasteiger partial charge in [0.2, 0.25) is 0 Å². The Hall–Kier alpha value is -2.04. The highest BCUT2D eigenvalue weighted by Gasteiger charge is 2.33. The number of benzene rings is 1. The number of hydrogen-bond acceptors (Lipinski definition) is 2. The van der Waals surface area contributed by atoms with Gasteiger partial charge in [-0.1, -0.05) is 19.1 Å². The molecule has 0 radical (unpaired) electrons. The largest absolute Gasteiger partial charge is 0.355 e. The molecule has 0 bridgehead atoms. The SMILES string of the molecule is CN=C(NCc1ccc(C(=O)NC)cc1)NC1CC1C. The van der Waals surface area contributed by atoms with Crippen molar-refractivity contribution in [2.75, 3.05) is 14.1 Å². The van der Waals surface area contributed by atoms with Crippen LogP contribution in [0.1, 0.15) is 29.3 Å². The summed E-state index contributed by atoms with van der Waals surface area (Å²) < 4.78 is 0. The minimum absolute atomic E-state index is 0.0651. The van der Waals surface area contributed by atoms with Gasteiger partial charge in [0, 0.05) is 32.2 Å². The fraction of sp³-hybridized carbons (Fsp3) is 0.467. The molecule has 0 aromatic heterocycles. The molecule has 2 atom stereocenters. The van der Waals surface area contributed by atoms with Crippen LogP contribution in [0.3, 0.4) is 0 Å². The number of carbonyl (C=O) groups is 1. The van der Waals surface area contributed by atoms with Crippen LogP contribution in [-0.2, 0) is 6.54 Å². The molecule has 1 aromatic rings. The molecule has 1 saturated carbocycles. The summed E-state index contributed by atoms with van der Waals surface area (Å²) in [6.45, 7) is 2.91. The third kappa shape index (κ3) is 3.73. The third-order valence-electron chi connectivity index (χ3n) is 3.56. The summed E-state index contributed by atoms with van der Waals surface area (Å²) in [6, 6.07) is 8.11. The van der Waals surface area contributed by atoms with Crippen molar-refractivity contribution in [1.82, 2.24) is 16.0 Å². The number of nitrogens with zero attached hydrogens (tertiary/aromatic N) is 1. The van der Waals surface area contributed by atoms with Crippen molar-refractivity contribution in [1.29, 1.82) is 0 Å². The van der Waals surface area contributed by atoms with Crippen LogP contribution in [0.15, 0.2) is 29.3 Å². The molecule has 5 heteroatoms. The van der Waals surface area contributed by atoms with Gasteiger partial charge in [-0.15, -0.1) is 0 Å². The average molecular weight is 274 g/mol. The lowest BCUT2D eigenvalue weighted by Gasteiger charge is -2.11. The van der Waals surface area contributed by atoms with Crippen molar-refractivity contribution in [3.05, 3.63) is 35.4 Å². The van der Waals surface area contributed by atoms with Gasteiger partial charge >= 0.3 is 0 Å². The van der Waals surface area contributed by atoms with Gasteiger partial charge in [0.1, 0.15) is 0 Å². The maximum Gasteiger partial charge on any atom is 0.251 e. The summed E-state index contributed by atoms with van der Waals surface area (Å²) in [7, 11) is 3.41. The first-order valence-corrected chi connectivity index (χ1v) is 6.92. The monoisotopic (exact) mass is 274 g/mol. The Morgan fingerprint density at radius 3 is 2.50 bits per heavy atom. The molecule has 20 heavy (non-hydrogen) atoms. The van der Waals surface area contributed by atoms with Crippen LogP contribution in [0.5, 0.6) is 0 Å². The van der Waals surface area contributed by atoms with Crippen LogP contribution in [-0.4, -0.2) is 32.0 Å². The molecule has 0 aliphatic heterocycles. The zero-order valence-corrected chi connectivity index (χ0v) is 12.2. The molecule has 5 nitrogen and oxygen atoms in total. The molecule has 0 saturated heterocycles. The first-order valence-electron chi connectivity index (χ1n) is 6.92. The van der Waals surface area contributed by atoms with Gasteiger partial charge in [-0.05, 0) is 30.0 Å². The van der Waals surface area contributed by atoms with E-state index in [1.54, 1.807) is 14.1 Å². The van der Waals surface area contributed by atoms with Crippen molar-refractivity contribution in [2.45, 2.75) is 25.9 Å². The second-order valence-corrected chi connectivity index (χ2v) is 5.17. The number of aliphatic imine (C=N–C) groups is 1. The van der Waals surface area contributed by atoms with Crippen LogP contribution < -0.4 is 16.0 Å². The van der Waals surface area contributed by atoms with E-state index < -0.39 is 0 Å². The number of rotatable bonds is 4. The number of guanidine groups is 1. The van der Waals surface area contributed by atoms with Crippen molar-refractivity contribution in [3.8, 4) is 0 Å². The smallest absolute Gasteiger partial charge is 0.251 e. The lowest BCUT2D eigenvalue weighted by Crippen LogP contribution is -2.38. The lowest BCUT2D eigenvalue weighted by atomic mass is 10.1. The van der Waals surface area contributed by atoms with E-state index in [-0.39, 0.29) is 5.91 Å². The van der Waals surface area contributed by atoms with E-state index in [2.05, 4.69) is 27.9 Å². The van der Waals surface area contributed by atoms with Crippen molar-refractivity contribution in [2.24, 2.45) is 10.9 Å². The molecule has 1 aromatic carbocycles. The fourth-order valence-corrected chi connectivity index (χ4v) is 2.00. The second-order valence-electron chi connectivity index (χ2n) is 5.17. The molecule has 1 aliphatic carbocycles. The highest BCUT2D eigenvalue weighted by atomic mass is 16.1. The number of hydrogen-bond donors (Lipinski definition) is 3. The highest BCUT2D eigenvalue weighted by molar-refractivity contribution is 5.93. The maximum atomic E-state index is 11.4. The second kappa shape index (κ2) is 6.41. The number of nitrogens with one attached hydrogen (secondary N) is 3. The average Bonchev–Trinajstić information content (AvgIpc) is 3.18. The predicted molar refractivity (Wildman–Crippen MR) is 80.7 cm³/mol. The van der Waals surface area contributed by atoms with Gasteiger partial charge in [0.15, 0.2) is 5.96 Å². The molecule has 2 unspecified atom stereocenters. The quantitative estimate of drug-likeness (QED) is 0.569. The topological polar surface area (TPSA) is 65.5 Å². The van der Waals surface area contributed by atoms with Gasteiger partial charge in [-0.3, -0.25) is 9.79 Å². The molecule has 0 heterocycles. The molecule has 1 aliphatic rings. The molecular weight excluding hydrogens is 252 g/mol. The summed E-state index contributed by atoms with van der Waals surface area (Å²) in [6.07, 6.45) is 1.21. The Morgan fingerprint density at radius 2 is 2.00 bits per heavy atom. The molecule has 1 fully saturated rings. The van der Waals surface area contributed by atoms with E-state index in [1.165, 1.54) is 6.42 Å². The zero-order valence-electron chi connectivity index (χ0n) is 12.2. The molecule has 0 spiro atoms. The Bertz CT molecular complexity index is 495. The third-order valence-corrected chi connectivity index (χ3v) is 3.56. The van der Waals surface area contributed by atoms with E-state index in [9.17, 15) is 4.79 Å². The highest BCUT2D eigenvalue weighted by Crippen LogP contribution is 2.28. The number of amides is 1. The lowest BCUT2D eigenvalue weighted by molar-refractivity contribution is 0.0963. The predicted octanol–water partition coefficient (Wildman–Crippen LogP) is 1.12. The number of carbonyl (C=O) groups excluding carboxylic acids is 1. The van der Waals surface area contributed by atoms with E-state index in [4.69, 9.17) is 0 Å². The van der Waals surface area contributed by atoms with Crippen LogP contribution in [0, 0.1) is 5.92 Å². The first-order chi connectivity index (χ1) is 9.63. The molecule has 2 rings (SSSR count). The normalized spacial score (nSPS) is 21.2. The van der Waals surface area contributed by atoms with Crippen molar-refractivity contribution < 1.29 is 4.79 Å². The summed E-state index contributed by atoms with van der Waals surface area (Å²) in [5, 5.41) is 9.26. The Labute approximate surface area is 119 Å². The van der Waals surface area contributed by atoms with Crippen LogP contribution in [0.25, 0.3) is 0 Å². The molecular formula is C15H22N4O. The van der Waals surface area contributed by atoms with Gasteiger partial charge < -0.3 is 16.0 Å². The molecule has 1 amide bonds. The standard InChI is InChI=1S/C15H22N4O/c1-10-8-13(10)19-15(17-3)18-9-11-4-6-12(7-5-11)14(20)16-2/h4-7,10,13H,8-9H2,1-3H3,(H,16,20)(H2,17,18,19). The molecule has 3 N–H and O–H groups in total. The van der Waals surface area contributed by atoms with Crippen molar-refractivity contribution >= 4 is 11.9 Å². The Balaban J connectivity index is 1.85. The maximum absolute atomic E-state index is 11.4. The van der Waals surface area contributed by atoms with Crippen LogP contribution >= 0.6 is 0 Å². The summed E-state index contributed by atoms with van der Waals surface area (Å²) in [5.74, 6) is 1.50. The van der Waals surface area contributed by atoms with Gasteiger partial charge in [-0.2, -0.15) is 0 Å². The Morgan fingerprint density at radius 1 is 1.35 bits per heavy atom. The van der Waals surface area contributed by atoms with E-state index >= 15 is 0 Å². The summed E-state index contributed by atoms with van der Waals surface area (Å²) >= 11 is 0. The van der Waals surface area contributed by atoms with Gasteiger partial charge in [-0.25, -0.2) is 0 Å². The minimum Gasteiger partial charge on any atom is -0.355 e. The first kappa shape index (κ1) is 14.4. The Kier molecular flexibility index (Phi) is 4.61. The zero-order chi connectivity index (χ0) is 14.5. The molecule has 108 valence electrons. The minimum atomic E-state index is -0.0651. The fourth-order valence-electron chi connectivity index (χ4n) is 2.00.